The van der Waals surface area contributed by atoms with E-state index in [1.807, 2.05) is 0 Å². The van der Waals surface area contributed by atoms with Crippen LogP contribution in [0.1, 0.15) is 19.8 Å². The zero-order valence-electron chi connectivity index (χ0n) is 9.91. The quantitative estimate of drug-likeness (QED) is 0.704. The third kappa shape index (κ3) is 1.25. The number of urea groups is 2. The molecule has 0 bridgehead atoms. The topological polar surface area (TPSA) is 64.7 Å². The van der Waals surface area contributed by atoms with Crippen LogP contribution in [0, 0.1) is 0 Å². The Labute approximate surface area is 95.0 Å². The molecule has 6 heteroatoms. The van der Waals surface area contributed by atoms with Crippen LogP contribution in [0.3, 0.4) is 0 Å². The first-order valence-electron chi connectivity index (χ1n) is 5.59. The molecule has 2 N–H and O–H groups in total. The highest BCUT2D eigenvalue weighted by Gasteiger charge is 2.56. The van der Waals surface area contributed by atoms with Gasteiger partial charge in [0.2, 0.25) is 0 Å². The van der Waals surface area contributed by atoms with Crippen LogP contribution in [0.15, 0.2) is 0 Å². The molecule has 0 saturated carbocycles. The summed E-state index contributed by atoms with van der Waals surface area (Å²) in [7, 11) is 3.53. The van der Waals surface area contributed by atoms with Crippen LogP contribution in [-0.2, 0) is 0 Å². The van der Waals surface area contributed by atoms with Gasteiger partial charge in [0.05, 0.1) is 6.04 Å². The summed E-state index contributed by atoms with van der Waals surface area (Å²) in [6.45, 7) is 2.56. The van der Waals surface area contributed by atoms with Crippen molar-refractivity contribution in [1.82, 2.24) is 20.4 Å². The minimum atomic E-state index is -0.539. The average Bonchev–Trinajstić information content (AvgIpc) is 2.42. The number of hydrogen-bond donors (Lipinski definition) is 2. The number of amides is 4. The summed E-state index contributed by atoms with van der Waals surface area (Å²) in [5.74, 6) is 0. The maximum Gasteiger partial charge on any atom is 0.321 e. The van der Waals surface area contributed by atoms with Gasteiger partial charge in [0.15, 0.2) is 0 Å². The smallest absolute Gasteiger partial charge is 0.321 e. The van der Waals surface area contributed by atoms with E-state index in [0.29, 0.717) is 6.54 Å². The maximum atomic E-state index is 11.9. The number of carbonyl (C=O) groups excluding carboxylic acids is 2. The number of hydrogen-bond acceptors (Lipinski definition) is 2. The first kappa shape index (κ1) is 11.0. The highest BCUT2D eigenvalue weighted by atomic mass is 16.2. The molecule has 2 fully saturated rings. The summed E-state index contributed by atoms with van der Waals surface area (Å²) in [6.07, 6.45) is 1.69. The molecule has 2 aliphatic rings. The summed E-state index contributed by atoms with van der Waals surface area (Å²) in [4.78, 5) is 26.7. The van der Waals surface area contributed by atoms with E-state index in [1.54, 1.807) is 23.9 Å². The van der Waals surface area contributed by atoms with Crippen molar-refractivity contribution in [2.45, 2.75) is 31.5 Å². The van der Waals surface area contributed by atoms with Crippen LogP contribution in [0.4, 0.5) is 9.59 Å². The van der Waals surface area contributed by atoms with Gasteiger partial charge in [-0.3, -0.25) is 0 Å². The Morgan fingerprint density at radius 2 is 2.12 bits per heavy atom. The maximum absolute atomic E-state index is 11.9. The predicted octanol–water partition coefficient (Wildman–Crippen LogP) is 0.161. The van der Waals surface area contributed by atoms with Gasteiger partial charge in [-0.2, -0.15) is 0 Å². The zero-order valence-corrected chi connectivity index (χ0v) is 9.91. The van der Waals surface area contributed by atoms with Crippen molar-refractivity contribution >= 4 is 12.1 Å². The lowest BCUT2D eigenvalue weighted by Gasteiger charge is -2.43. The Kier molecular flexibility index (Phi) is 2.44. The Bertz CT molecular complexity index is 333. The third-order valence-corrected chi connectivity index (χ3v) is 3.62. The second-order valence-corrected chi connectivity index (χ2v) is 4.48. The number of fused-ring (bicyclic) bond motifs is 1. The minimum absolute atomic E-state index is 0.00245. The van der Waals surface area contributed by atoms with E-state index in [4.69, 9.17) is 0 Å². The molecule has 2 atom stereocenters. The monoisotopic (exact) mass is 226 g/mol. The number of likely N-dealkylation sites (N-methyl/N-ethyl adjacent to an activating group) is 2. The molecule has 0 aromatic heterocycles. The molecule has 0 aliphatic carbocycles. The molecule has 16 heavy (non-hydrogen) atoms. The van der Waals surface area contributed by atoms with Crippen LogP contribution in [0.25, 0.3) is 0 Å². The highest BCUT2D eigenvalue weighted by Crippen LogP contribution is 2.33. The Hall–Kier alpha value is -1.46. The Balaban J connectivity index is 2.37. The molecule has 2 heterocycles. The summed E-state index contributed by atoms with van der Waals surface area (Å²) < 4.78 is 0. The van der Waals surface area contributed by atoms with Crippen molar-refractivity contribution in [2.75, 3.05) is 20.6 Å². The fourth-order valence-corrected chi connectivity index (χ4v) is 2.77. The number of carbonyl (C=O) groups is 2. The van der Waals surface area contributed by atoms with Crippen LogP contribution in [-0.4, -0.2) is 54.2 Å². The molecule has 0 aromatic carbocycles. The van der Waals surface area contributed by atoms with Crippen LogP contribution >= 0.6 is 0 Å². The van der Waals surface area contributed by atoms with E-state index in [9.17, 15) is 9.59 Å². The lowest BCUT2D eigenvalue weighted by molar-refractivity contribution is 0.0941. The largest absolute Gasteiger partial charge is 0.336 e. The average molecular weight is 226 g/mol. The van der Waals surface area contributed by atoms with Crippen molar-refractivity contribution in [3.63, 3.8) is 0 Å². The predicted molar refractivity (Wildman–Crippen MR) is 58.9 cm³/mol. The second-order valence-electron chi connectivity index (χ2n) is 4.48. The molecule has 4 amide bonds. The van der Waals surface area contributed by atoms with Crippen molar-refractivity contribution in [3.8, 4) is 0 Å². The minimum Gasteiger partial charge on any atom is -0.336 e. The van der Waals surface area contributed by atoms with E-state index in [0.717, 1.165) is 12.8 Å². The normalized spacial score (nSPS) is 33.6. The first-order valence-corrected chi connectivity index (χ1v) is 5.59. The van der Waals surface area contributed by atoms with E-state index >= 15 is 0 Å². The Morgan fingerprint density at radius 3 is 2.75 bits per heavy atom. The van der Waals surface area contributed by atoms with Crippen LogP contribution < -0.4 is 10.6 Å². The second kappa shape index (κ2) is 3.54. The van der Waals surface area contributed by atoms with E-state index < -0.39 is 5.66 Å². The van der Waals surface area contributed by atoms with Crippen LogP contribution in [0.2, 0.25) is 0 Å². The third-order valence-electron chi connectivity index (χ3n) is 3.62. The molecular formula is C10H18N4O2. The zero-order chi connectivity index (χ0) is 11.9. The lowest BCUT2D eigenvalue weighted by atomic mass is 9.93. The van der Waals surface area contributed by atoms with Gasteiger partial charge in [-0.1, -0.05) is 13.3 Å². The van der Waals surface area contributed by atoms with Crippen molar-refractivity contribution in [3.05, 3.63) is 0 Å². The number of rotatable bonds is 2. The van der Waals surface area contributed by atoms with Crippen molar-refractivity contribution in [1.29, 1.82) is 0 Å². The van der Waals surface area contributed by atoms with Gasteiger partial charge in [-0.15, -0.1) is 0 Å². The van der Waals surface area contributed by atoms with Gasteiger partial charge in [-0.25, -0.2) is 9.59 Å². The number of nitrogens with zero attached hydrogens (tertiary/aromatic N) is 2. The molecule has 2 unspecified atom stereocenters. The molecule has 0 radical (unpaired) electrons. The van der Waals surface area contributed by atoms with Gasteiger partial charge >= 0.3 is 12.1 Å². The summed E-state index contributed by atoms with van der Waals surface area (Å²) >= 11 is 0. The SMILES string of the molecule is CCCC12NC(=O)NCC1N(C)C(=O)N2C. The van der Waals surface area contributed by atoms with Gasteiger partial charge in [0.25, 0.3) is 0 Å². The van der Waals surface area contributed by atoms with Crippen molar-refractivity contribution < 1.29 is 9.59 Å². The fraction of sp³-hybridized carbons (Fsp3) is 0.800. The molecule has 2 aliphatic heterocycles. The van der Waals surface area contributed by atoms with Crippen LogP contribution in [0.5, 0.6) is 0 Å². The molecule has 90 valence electrons. The van der Waals surface area contributed by atoms with Crippen molar-refractivity contribution in [2.24, 2.45) is 0 Å². The van der Waals surface area contributed by atoms with Gasteiger partial charge in [-0.05, 0) is 6.42 Å². The highest BCUT2D eigenvalue weighted by molar-refractivity contribution is 5.83. The van der Waals surface area contributed by atoms with E-state index in [2.05, 4.69) is 17.6 Å². The molecule has 6 nitrogen and oxygen atoms in total. The lowest BCUT2D eigenvalue weighted by Crippen LogP contribution is -2.70. The first-order chi connectivity index (χ1) is 7.53. The summed E-state index contributed by atoms with van der Waals surface area (Å²) in [5, 5.41) is 5.65. The number of nitrogens with one attached hydrogen (secondary N) is 2. The molecular weight excluding hydrogens is 208 g/mol. The van der Waals surface area contributed by atoms with Gasteiger partial charge < -0.3 is 20.4 Å². The molecule has 0 aromatic rings. The Morgan fingerprint density at radius 1 is 1.44 bits per heavy atom. The summed E-state index contributed by atoms with van der Waals surface area (Å²) in [5.41, 5.74) is -0.539. The van der Waals surface area contributed by atoms with Gasteiger partial charge in [0.1, 0.15) is 5.66 Å². The standard InChI is InChI=1S/C10H18N4O2/c1-4-5-10-7(6-11-8(15)12-10)13(2)9(16)14(10)3/h7H,4-6H2,1-3H3,(H2,11,12,15). The fourth-order valence-electron chi connectivity index (χ4n) is 2.77. The van der Waals surface area contributed by atoms with E-state index in [1.165, 1.54) is 0 Å². The molecule has 2 saturated heterocycles. The van der Waals surface area contributed by atoms with Gasteiger partial charge in [0, 0.05) is 20.6 Å². The van der Waals surface area contributed by atoms with E-state index in [-0.39, 0.29) is 18.1 Å². The summed E-state index contributed by atoms with van der Waals surface area (Å²) in [6, 6.07) is -0.232. The molecule has 0 spiro atoms. The molecule has 2 rings (SSSR count).